The summed E-state index contributed by atoms with van der Waals surface area (Å²) in [6.07, 6.45) is 7.32. The zero-order valence-corrected chi connectivity index (χ0v) is 28.0. The first-order valence-corrected chi connectivity index (χ1v) is 16.5. The number of nitrogens with zero attached hydrogens (tertiary/aromatic N) is 5. The molecule has 2 amide bonds. The summed E-state index contributed by atoms with van der Waals surface area (Å²) in [7, 11) is 2.16. The number of piperidine rings is 1. The van der Waals surface area contributed by atoms with Crippen molar-refractivity contribution in [2.24, 2.45) is 16.1 Å². The Kier molecular flexibility index (Phi) is 9.31. The maximum atomic E-state index is 13.4. The lowest BCUT2D eigenvalue weighted by molar-refractivity contribution is 0.171. The van der Waals surface area contributed by atoms with Gasteiger partial charge in [-0.05, 0) is 81.6 Å². The van der Waals surface area contributed by atoms with Gasteiger partial charge >= 0.3 is 6.03 Å². The molecule has 6 rings (SSSR count). The van der Waals surface area contributed by atoms with Gasteiger partial charge in [0, 0.05) is 29.7 Å². The quantitative estimate of drug-likeness (QED) is 0.160. The lowest BCUT2D eigenvalue weighted by Gasteiger charge is -2.32. The lowest BCUT2D eigenvalue weighted by Crippen LogP contribution is -2.42. The highest BCUT2D eigenvalue weighted by molar-refractivity contribution is 6.05. The largest absolute Gasteiger partial charge is 0.484 e. The molecule has 1 aliphatic heterocycles. The number of amidine groups is 1. The van der Waals surface area contributed by atoms with Crippen molar-refractivity contribution in [2.75, 3.05) is 20.1 Å². The number of ether oxygens (including phenoxy) is 1. The summed E-state index contributed by atoms with van der Waals surface area (Å²) in [6.45, 7) is 10.2. The molecule has 246 valence electrons. The van der Waals surface area contributed by atoms with Gasteiger partial charge in [-0.25, -0.2) is 9.79 Å². The minimum Gasteiger partial charge on any atom is -0.484 e. The second-order valence-electron chi connectivity index (χ2n) is 13.9. The van der Waals surface area contributed by atoms with E-state index < -0.39 is 0 Å². The van der Waals surface area contributed by atoms with Gasteiger partial charge in [0.25, 0.3) is 0 Å². The number of hydrogen-bond acceptors (Lipinski definition) is 7. The van der Waals surface area contributed by atoms with E-state index in [1.165, 1.54) is 0 Å². The maximum absolute atomic E-state index is 13.4. The van der Waals surface area contributed by atoms with Crippen LogP contribution in [0, 0.1) is 12.3 Å². The Morgan fingerprint density at radius 2 is 1.79 bits per heavy atom. The summed E-state index contributed by atoms with van der Waals surface area (Å²) < 4.78 is 8.72. The average Bonchev–Trinajstić information content (AvgIpc) is 3.46. The number of aliphatic imine (C=N–C) groups is 1. The molecule has 10 nitrogen and oxygen atoms in total. The number of aryl methyl sites for hydroxylation is 1. The van der Waals surface area contributed by atoms with Gasteiger partial charge in [0.15, 0.2) is 5.65 Å². The summed E-state index contributed by atoms with van der Waals surface area (Å²) in [5.74, 6) is 2.48. The number of aromatic nitrogens is 3. The Labute approximate surface area is 277 Å². The number of allylic oxidation sites excluding steroid dienone is 1. The van der Waals surface area contributed by atoms with Gasteiger partial charge in [-0.1, -0.05) is 62.7 Å². The summed E-state index contributed by atoms with van der Waals surface area (Å²) in [5.41, 5.74) is 11.5. The molecule has 4 N–H and O–H groups in total. The predicted octanol–water partition coefficient (Wildman–Crippen LogP) is 6.72. The molecule has 0 spiro atoms. The monoisotopic (exact) mass is 634 g/mol. The van der Waals surface area contributed by atoms with E-state index in [0.717, 1.165) is 72.0 Å². The zero-order chi connectivity index (χ0) is 33.1. The first-order chi connectivity index (χ1) is 22.5. The Balaban J connectivity index is 1.18. The van der Waals surface area contributed by atoms with Crippen LogP contribution in [0.3, 0.4) is 0 Å². The van der Waals surface area contributed by atoms with Crippen LogP contribution in [0.1, 0.15) is 87.0 Å². The molecular formula is C37H46N8O2. The Morgan fingerprint density at radius 1 is 1.02 bits per heavy atom. The molecule has 1 fully saturated rings. The fraction of sp³-hybridized carbons (Fsp3) is 0.405. The summed E-state index contributed by atoms with van der Waals surface area (Å²) in [6, 6.07) is 19.4. The number of nitrogens with two attached hydrogens (primary N) is 1. The van der Waals surface area contributed by atoms with Gasteiger partial charge in [-0.2, -0.15) is 0 Å². The number of benzene rings is 2. The molecule has 2 aliphatic rings. The average molecular weight is 635 g/mol. The van der Waals surface area contributed by atoms with Gasteiger partial charge < -0.3 is 20.7 Å². The number of pyridine rings is 1. The molecule has 0 saturated carbocycles. The molecule has 1 aliphatic carbocycles. The number of fused-ring (bicyclic) bond motifs is 2. The van der Waals surface area contributed by atoms with Crippen LogP contribution in [0.25, 0.3) is 5.65 Å². The van der Waals surface area contributed by atoms with Gasteiger partial charge in [-0.15, -0.1) is 10.2 Å². The first kappa shape index (κ1) is 32.2. The molecule has 4 aromatic rings. The number of rotatable bonds is 6. The van der Waals surface area contributed by atoms with Crippen LogP contribution in [0.5, 0.6) is 5.75 Å². The molecule has 2 aromatic heterocycles. The Bertz CT molecular complexity index is 1790. The molecule has 0 unspecified atom stereocenters. The molecule has 1 saturated heterocycles. The van der Waals surface area contributed by atoms with Crippen molar-refractivity contribution >= 4 is 23.2 Å². The summed E-state index contributed by atoms with van der Waals surface area (Å²) in [5, 5.41) is 15.1. The molecule has 0 radical (unpaired) electrons. The minimum atomic E-state index is -0.341. The van der Waals surface area contributed by atoms with Crippen LogP contribution in [-0.4, -0.2) is 51.5 Å². The van der Waals surface area contributed by atoms with Gasteiger partial charge in [0.2, 0.25) is 0 Å². The van der Waals surface area contributed by atoms with Crippen molar-refractivity contribution in [2.45, 2.75) is 71.4 Å². The van der Waals surface area contributed by atoms with E-state index in [0.29, 0.717) is 23.9 Å². The second kappa shape index (κ2) is 13.6. The lowest BCUT2D eigenvalue weighted by atomic mass is 9.85. The van der Waals surface area contributed by atoms with Crippen molar-refractivity contribution in [3.8, 4) is 5.75 Å². The maximum Gasteiger partial charge on any atom is 0.320 e. The van der Waals surface area contributed by atoms with Crippen molar-refractivity contribution in [1.29, 1.82) is 0 Å². The summed E-state index contributed by atoms with van der Waals surface area (Å²) in [4.78, 5) is 20.5. The molecule has 0 bridgehead atoms. The number of hydrogen-bond donors (Lipinski definition) is 3. The molecule has 10 heteroatoms. The topological polar surface area (TPSA) is 122 Å². The number of amides is 2. The highest BCUT2D eigenvalue weighted by Gasteiger charge is 2.30. The van der Waals surface area contributed by atoms with E-state index in [2.05, 4.69) is 49.3 Å². The second-order valence-corrected chi connectivity index (χ2v) is 13.9. The number of carbonyl (C=O) groups is 1. The molecule has 47 heavy (non-hydrogen) atoms. The number of likely N-dealkylation sites (tertiary alicyclic amines) is 1. The van der Waals surface area contributed by atoms with E-state index in [9.17, 15) is 4.79 Å². The molecule has 3 heterocycles. The predicted molar refractivity (Wildman–Crippen MR) is 186 cm³/mol. The normalized spacial score (nSPS) is 20.9. The minimum absolute atomic E-state index is 0.154. The van der Waals surface area contributed by atoms with E-state index in [1.807, 2.05) is 82.4 Å². The van der Waals surface area contributed by atoms with Crippen LogP contribution in [-0.2, 0) is 0 Å². The third-order valence-corrected chi connectivity index (χ3v) is 9.09. The smallest absolute Gasteiger partial charge is 0.320 e. The number of likely N-dealkylation sites (N-methyl/N-ethyl adjacent to an activating group) is 1. The van der Waals surface area contributed by atoms with Crippen LogP contribution in [0.2, 0.25) is 0 Å². The molecular weight excluding hydrogens is 588 g/mol. The van der Waals surface area contributed by atoms with E-state index in [4.69, 9.17) is 15.5 Å². The van der Waals surface area contributed by atoms with Crippen molar-refractivity contribution in [3.63, 3.8) is 0 Å². The highest BCUT2D eigenvalue weighted by Crippen LogP contribution is 2.39. The zero-order valence-electron chi connectivity index (χ0n) is 28.0. The SMILES string of the molecule is Cc1ccc(N=C(C=C(N)C(C)(C)C)NC(=O)N[C@H]2CC[C@@H](Oc3ccc4nnc([C@H]5CCCN(C)C5)n4c3)c3ccccc32)cc1. The number of urea groups is 1. The number of carbonyl (C=O) groups excluding carboxylic acids is 1. The van der Waals surface area contributed by atoms with Crippen molar-refractivity contribution in [3.05, 3.63) is 101 Å². The van der Waals surface area contributed by atoms with Gasteiger partial charge in [0.1, 0.15) is 23.5 Å². The molecule has 2 aromatic carbocycles. The Hall–Kier alpha value is -4.70. The fourth-order valence-electron chi connectivity index (χ4n) is 6.33. The first-order valence-electron chi connectivity index (χ1n) is 16.5. The van der Waals surface area contributed by atoms with Crippen LogP contribution < -0.4 is 21.1 Å². The third kappa shape index (κ3) is 7.65. The third-order valence-electron chi connectivity index (χ3n) is 9.09. The molecule has 3 atom stereocenters. The standard InChI is InChI=1S/C37H46N8O2/c1-24-12-14-26(15-13-24)39-33(21-32(38)37(2,3)4)41-36(46)40-30-17-18-31(29-11-7-6-10-28(29)30)47-27-16-19-34-42-43-35(45(34)23-27)25-9-8-20-44(5)22-25/h6-7,10-16,19,21,23,25,30-31H,8-9,17-18,20,22,38H2,1-5H3,(H2,39,40,41,46)/t25-,30-,31+/m0/s1. The van der Waals surface area contributed by atoms with Gasteiger partial charge in [-0.3, -0.25) is 9.72 Å². The van der Waals surface area contributed by atoms with Crippen molar-refractivity contribution < 1.29 is 9.53 Å². The van der Waals surface area contributed by atoms with Crippen molar-refractivity contribution in [1.82, 2.24) is 30.1 Å². The summed E-state index contributed by atoms with van der Waals surface area (Å²) >= 11 is 0. The van der Waals surface area contributed by atoms with Crippen LogP contribution in [0.4, 0.5) is 10.5 Å². The fourth-order valence-corrected chi connectivity index (χ4v) is 6.33. The van der Waals surface area contributed by atoms with Gasteiger partial charge in [0.05, 0.1) is 17.9 Å². The van der Waals surface area contributed by atoms with E-state index >= 15 is 0 Å². The van der Waals surface area contributed by atoms with E-state index in [-0.39, 0.29) is 23.6 Å². The highest BCUT2D eigenvalue weighted by atomic mass is 16.5. The van der Waals surface area contributed by atoms with E-state index in [1.54, 1.807) is 6.08 Å². The number of nitrogens with one attached hydrogen (secondary N) is 2. The Morgan fingerprint density at radius 3 is 2.53 bits per heavy atom. The van der Waals surface area contributed by atoms with Crippen LogP contribution in [0.15, 0.2) is 83.6 Å². The van der Waals surface area contributed by atoms with Crippen LogP contribution >= 0.6 is 0 Å².